The predicted molar refractivity (Wildman–Crippen MR) is 134 cm³/mol. The van der Waals surface area contributed by atoms with Crippen LogP contribution in [0.3, 0.4) is 0 Å². The number of sulfonamides is 1. The van der Waals surface area contributed by atoms with Gasteiger partial charge < -0.3 is 10.4 Å². The average Bonchev–Trinajstić information content (AvgIpc) is 3.31. The van der Waals surface area contributed by atoms with Gasteiger partial charge in [-0.25, -0.2) is 22.6 Å². The third-order valence-corrected chi connectivity index (χ3v) is 7.42. The number of aliphatic hydroxyl groups excluding tert-OH is 1. The van der Waals surface area contributed by atoms with Gasteiger partial charge in [-0.3, -0.25) is 4.79 Å². The molecule has 0 saturated carbocycles. The Labute approximate surface area is 228 Å². The van der Waals surface area contributed by atoms with E-state index in [4.69, 9.17) is 0 Å². The van der Waals surface area contributed by atoms with Crippen molar-refractivity contribution in [1.29, 1.82) is 0 Å². The molecule has 0 atom stereocenters. The van der Waals surface area contributed by atoms with Crippen LogP contribution < -0.4 is 10.0 Å². The molecule has 218 valence electrons. The standard InChI is InChI=1S/C25H21F6N5O4S/c1-23(2,13-37)35-41(39,40)17-5-3-4-16(10-17)33-22(38)18-12-32-36-20(25(29,30)31)11-19(34-21(18)36)14-6-8-15(9-7-14)24(26,27)28/h3-12,35,37H,13H2,1-2H3,(H,33,38). The van der Waals surface area contributed by atoms with E-state index in [0.29, 0.717) is 22.7 Å². The zero-order valence-electron chi connectivity index (χ0n) is 21.2. The van der Waals surface area contributed by atoms with E-state index in [1.54, 1.807) is 0 Å². The van der Waals surface area contributed by atoms with Crippen molar-refractivity contribution in [3.63, 3.8) is 0 Å². The molecule has 0 aliphatic carbocycles. The molecule has 0 bridgehead atoms. The second-order valence-corrected chi connectivity index (χ2v) is 11.2. The predicted octanol–water partition coefficient (Wildman–Crippen LogP) is 4.74. The van der Waals surface area contributed by atoms with Gasteiger partial charge in [-0.2, -0.15) is 31.4 Å². The Morgan fingerprint density at radius 3 is 2.22 bits per heavy atom. The second kappa shape index (κ2) is 10.4. The third-order valence-electron chi connectivity index (χ3n) is 5.72. The summed E-state index contributed by atoms with van der Waals surface area (Å²) in [4.78, 5) is 16.9. The molecular formula is C25H21F6N5O4S. The van der Waals surface area contributed by atoms with Crippen LogP contribution in [-0.2, 0) is 22.4 Å². The van der Waals surface area contributed by atoms with Crippen molar-refractivity contribution >= 4 is 27.3 Å². The van der Waals surface area contributed by atoms with Crippen LogP contribution in [0.2, 0.25) is 0 Å². The number of aromatic nitrogens is 3. The van der Waals surface area contributed by atoms with Crippen molar-refractivity contribution in [1.82, 2.24) is 19.3 Å². The van der Waals surface area contributed by atoms with Gasteiger partial charge in [0.15, 0.2) is 11.3 Å². The lowest BCUT2D eigenvalue weighted by Crippen LogP contribution is -2.46. The molecular weight excluding hydrogens is 580 g/mol. The van der Waals surface area contributed by atoms with Crippen molar-refractivity contribution in [3.8, 4) is 11.3 Å². The molecule has 0 fully saturated rings. The average molecular weight is 602 g/mol. The van der Waals surface area contributed by atoms with Crippen LogP contribution >= 0.6 is 0 Å². The lowest BCUT2D eigenvalue weighted by molar-refractivity contribution is -0.142. The number of rotatable bonds is 7. The Hall–Kier alpha value is -4.02. The van der Waals surface area contributed by atoms with Gasteiger partial charge >= 0.3 is 12.4 Å². The molecule has 0 aliphatic heterocycles. The van der Waals surface area contributed by atoms with Crippen molar-refractivity contribution in [2.45, 2.75) is 36.6 Å². The first kappa shape index (κ1) is 30.0. The maximum atomic E-state index is 13.9. The molecule has 3 N–H and O–H groups in total. The Morgan fingerprint density at radius 2 is 1.63 bits per heavy atom. The second-order valence-electron chi connectivity index (χ2n) is 9.52. The number of hydrogen-bond donors (Lipinski definition) is 3. The molecule has 16 heteroatoms. The lowest BCUT2D eigenvalue weighted by Gasteiger charge is -2.23. The van der Waals surface area contributed by atoms with Gasteiger partial charge in [-0.05, 0) is 50.2 Å². The van der Waals surface area contributed by atoms with E-state index in [1.807, 2.05) is 0 Å². The van der Waals surface area contributed by atoms with Crippen LogP contribution in [0, 0.1) is 0 Å². The van der Waals surface area contributed by atoms with Crippen LogP contribution in [-0.4, -0.2) is 46.2 Å². The van der Waals surface area contributed by atoms with Crippen LogP contribution in [0.25, 0.3) is 16.9 Å². The summed E-state index contributed by atoms with van der Waals surface area (Å²) in [6.45, 7) is 2.39. The highest BCUT2D eigenvalue weighted by Gasteiger charge is 2.36. The summed E-state index contributed by atoms with van der Waals surface area (Å²) in [5.74, 6) is -0.983. The van der Waals surface area contributed by atoms with Crippen molar-refractivity contribution in [2.75, 3.05) is 11.9 Å². The summed E-state index contributed by atoms with van der Waals surface area (Å²) in [6, 6.07) is 8.87. The summed E-state index contributed by atoms with van der Waals surface area (Å²) in [7, 11) is -4.13. The third kappa shape index (κ3) is 6.49. The number of benzene rings is 2. The van der Waals surface area contributed by atoms with Crippen LogP contribution in [0.4, 0.5) is 32.0 Å². The number of carbonyl (C=O) groups is 1. The van der Waals surface area contributed by atoms with Gasteiger partial charge in [0.1, 0.15) is 5.56 Å². The highest BCUT2D eigenvalue weighted by atomic mass is 32.2. The minimum absolute atomic E-state index is 0.0334. The number of anilines is 1. The minimum atomic E-state index is -4.97. The number of alkyl halides is 6. The van der Waals surface area contributed by atoms with Gasteiger partial charge in [-0.15, -0.1) is 0 Å². The largest absolute Gasteiger partial charge is 0.433 e. The van der Waals surface area contributed by atoms with E-state index in [-0.39, 0.29) is 21.8 Å². The van der Waals surface area contributed by atoms with Crippen molar-refractivity contribution in [3.05, 3.63) is 77.6 Å². The van der Waals surface area contributed by atoms with E-state index >= 15 is 0 Å². The fraction of sp³-hybridized carbons (Fsp3) is 0.240. The first-order chi connectivity index (χ1) is 18.9. The summed E-state index contributed by atoms with van der Waals surface area (Å²) in [5, 5.41) is 15.4. The van der Waals surface area contributed by atoms with E-state index in [2.05, 4.69) is 20.1 Å². The number of amides is 1. The summed E-state index contributed by atoms with van der Waals surface area (Å²) >= 11 is 0. The quantitative estimate of drug-likeness (QED) is 0.263. The highest BCUT2D eigenvalue weighted by molar-refractivity contribution is 7.89. The van der Waals surface area contributed by atoms with Gasteiger partial charge in [0.05, 0.1) is 34.5 Å². The molecule has 0 saturated heterocycles. The summed E-state index contributed by atoms with van der Waals surface area (Å²) < 4.78 is 109. The summed E-state index contributed by atoms with van der Waals surface area (Å²) in [5.41, 5.74) is -4.96. The summed E-state index contributed by atoms with van der Waals surface area (Å²) in [6.07, 6.45) is -8.81. The number of nitrogens with one attached hydrogen (secondary N) is 2. The highest BCUT2D eigenvalue weighted by Crippen LogP contribution is 2.34. The number of carbonyl (C=O) groups excluding carboxylic acids is 1. The fourth-order valence-corrected chi connectivity index (χ4v) is 5.15. The number of hydrogen-bond acceptors (Lipinski definition) is 6. The van der Waals surface area contributed by atoms with Crippen molar-refractivity contribution in [2.24, 2.45) is 0 Å². The minimum Gasteiger partial charge on any atom is -0.394 e. The molecule has 2 heterocycles. The number of halogens is 6. The van der Waals surface area contributed by atoms with E-state index in [9.17, 15) is 44.7 Å². The van der Waals surface area contributed by atoms with Gasteiger partial charge in [0, 0.05) is 11.3 Å². The molecule has 4 rings (SSSR count). The van der Waals surface area contributed by atoms with Crippen LogP contribution in [0.15, 0.2) is 65.7 Å². The molecule has 2 aromatic carbocycles. The van der Waals surface area contributed by atoms with Gasteiger partial charge in [0.2, 0.25) is 10.0 Å². The maximum Gasteiger partial charge on any atom is 0.433 e. The SMILES string of the molecule is CC(C)(CO)NS(=O)(=O)c1cccc(NC(=O)c2cnn3c(C(F)(F)F)cc(-c4ccc(C(F)(F)F)cc4)nc23)c1. The zero-order chi connectivity index (χ0) is 30.4. The zero-order valence-corrected chi connectivity index (χ0v) is 22.0. The van der Waals surface area contributed by atoms with Gasteiger partial charge in [0.25, 0.3) is 5.91 Å². The molecule has 0 aliphatic rings. The van der Waals surface area contributed by atoms with E-state index in [0.717, 1.165) is 24.4 Å². The van der Waals surface area contributed by atoms with Crippen LogP contribution in [0.5, 0.6) is 0 Å². The normalized spacial score (nSPS) is 13.0. The molecule has 9 nitrogen and oxygen atoms in total. The topological polar surface area (TPSA) is 126 Å². The molecule has 0 spiro atoms. The number of fused-ring (bicyclic) bond motifs is 1. The Morgan fingerprint density at radius 1 is 0.976 bits per heavy atom. The lowest BCUT2D eigenvalue weighted by atomic mass is 10.1. The van der Waals surface area contributed by atoms with Crippen LogP contribution in [0.1, 0.15) is 35.5 Å². The number of nitrogens with zero attached hydrogens (tertiary/aromatic N) is 3. The molecule has 1 amide bonds. The molecule has 4 aromatic rings. The Kier molecular flexibility index (Phi) is 7.62. The van der Waals surface area contributed by atoms with Crippen molar-refractivity contribution < 1.29 is 44.7 Å². The van der Waals surface area contributed by atoms with E-state index in [1.165, 1.54) is 32.0 Å². The first-order valence-electron chi connectivity index (χ1n) is 11.6. The molecule has 0 radical (unpaired) electrons. The van der Waals surface area contributed by atoms with E-state index < -0.39 is 62.9 Å². The maximum absolute atomic E-state index is 13.9. The molecule has 41 heavy (non-hydrogen) atoms. The smallest absolute Gasteiger partial charge is 0.394 e. The Balaban J connectivity index is 1.73. The number of aliphatic hydroxyl groups is 1. The molecule has 2 aromatic heterocycles. The Bertz CT molecular complexity index is 1720. The fourth-order valence-electron chi connectivity index (χ4n) is 3.70. The molecule has 0 unspecified atom stereocenters. The monoisotopic (exact) mass is 601 g/mol. The first-order valence-corrected chi connectivity index (χ1v) is 13.1. The van der Waals surface area contributed by atoms with Gasteiger partial charge in [-0.1, -0.05) is 18.2 Å².